The quantitative estimate of drug-likeness (QED) is 0.831. The molecule has 1 aliphatic rings. The summed E-state index contributed by atoms with van der Waals surface area (Å²) in [6, 6.07) is 1.51. The molecule has 2 heterocycles. The highest BCUT2D eigenvalue weighted by Crippen LogP contribution is 2.25. The van der Waals surface area contributed by atoms with Crippen LogP contribution in [0, 0.1) is 0 Å². The number of pyridine rings is 1. The van der Waals surface area contributed by atoms with E-state index in [9.17, 15) is 8.42 Å². The minimum absolute atomic E-state index is 0.114. The predicted octanol–water partition coefficient (Wildman–Crippen LogP) is 2.30. The van der Waals surface area contributed by atoms with E-state index in [2.05, 4.69) is 4.98 Å². The first kappa shape index (κ1) is 12.8. The van der Waals surface area contributed by atoms with Crippen molar-refractivity contribution in [3.05, 3.63) is 23.5 Å². The van der Waals surface area contributed by atoms with Gasteiger partial charge in [0.15, 0.2) is 0 Å². The van der Waals surface area contributed by atoms with Gasteiger partial charge in [0.25, 0.3) is 0 Å². The summed E-state index contributed by atoms with van der Waals surface area (Å²) in [5.41, 5.74) is 0. The maximum Gasteiger partial charge on any atom is 0.246 e. The smallest absolute Gasteiger partial charge is 0.246 e. The lowest BCUT2D eigenvalue weighted by Gasteiger charge is -2.20. The highest BCUT2D eigenvalue weighted by atomic mass is 35.5. The Bertz CT molecular complexity index is 482. The van der Waals surface area contributed by atoms with Crippen LogP contribution in [-0.2, 0) is 10.0 Å². The van der Waals surface area contributed by atoms with Crippen molar-refractivity contribution in [2.75, 3.05) is 13.1 Å². The molecule has 0 radical (unpaired) electrons. The third kappa shape index (κ3) is 2.78. The lowest BCUT2D eigenvalue weighted by atomic mass is 10.2. The first-order chi connectivity index (χ1) is 8.12. The zero-order valence-corrected chi connectivity index (χ0v) is 11.0. The van der Waals surface area contributed by atoms with Gasteiger partial charge < -0.3 is 0 Å². The molecule has 0 aliphatic carbocycles. The van der Waals surface area contributed by atoms with Crippen LogP contribution in [0.25, 0.3) is 0 Å². The van der Waals surface area contributed by atoms with Crippen molar-refractivity contribution in [3.63, 3.8) is 0 Å². The normalized spacial score (nSPS) is 18.9. The van der Waals surface area contributed by atoms with Crippen LogP contribution in [0.15, 0.2) is 23.4 Å². The average Bonchev–Trinajstić information content (AvgIpc) is 2.58. The van der Waals surface area contributed by atoms with Gasteiger partial charge in [-0.25, -0.2) is 8.42 Å². The van der Waals surface area contributed by atoms with E-state index in [1.807, 2.05) is 0 Å². The second kappa shape index (κ2) is 5.33. The predicted molar refractivity (Wildman–Crippen MR) is 66.5 cm³/mol. The molecule has 1 fully saturated rings. The maximum absolute atomic E-state index is 12.4. The number of sulfonamides is 1. The van der Waals surface area contributed by atoms with E-state index in [-0.39, 0.29) is 9.92 Å². The van der Waals surface area contributed by atoms with Gasteiger partial charge in [-0.15, -0.1) is 0 Å². The standard InChI is InChI=1S/C11H15ClN2O2S/c12-10-5-6-13-9-11(10)17(15,16)14-7-3-1-2-4-8-14/h5-6,9H,1-4,7-8H2. The van der Waals surface area contributed by atoms with Gasteiger partial charge in [0.1, 0.15) is 4.90 Å². The van der Waals surface area contributed by atoms with Gasteiger partial charge in [-0.1, -0.05) is 24.4 Å². The molecule has 0 saturated carbocycles. The minimum Gasteiger partial charge on any atom is -0.263 e. The van der Waals surface area contributed by atoms with E-state index < -0.39 is 10.0 Å². The minimum atomic E-state index is -3.48. The molecular formula is C11H15ClN2O2S. The monoisotopic (exact) mass is 274 g/mol. The molecule has 1 aromatic heterocycles. The van der Waals surface area contributed by atoms with Crippen LogP contribution in [0.1, 0.15) is 25.7 Å². The summed E-state index contributed by atoms with van der Waals surface area (Å²) in [7, 11) is -3.48. The Balaban J connectivity index is 2.32. The molecule has 0 bridgehead atoms. The summed E-state index contributed by atoms with van der Waals surface area (Å²) in [5, 5.41) is 0.240. The first-order valence-electron chi connectivity index (χ1n) is 5.72. The van der Waals surface area contributed by atoms with Gasteiger partial charge in [-0.3, -0.25) is 4.98 Å². The molecule has 0 atom stereocenters. The molecule has 1 aromatic rings. The molecular weight excluding hydrogens is 260 g/mol. The second-order valence-electron chi connectivity index (χ2n) is 4.12. The molecule has 0 aromatic carbocycles. The second-order valence-corrected chi connectivity index (χ2v) is 6.44. The van der Waals surface area contributed by atoms with Crippen molar-refractivity contribution in [1.29, 1.82) is 0 Å². The van der Waals surface area contributed by atoms with E-state index in [1.165, 1.54) is 22.8 Å². The highest BCUT2D eigenvalue weighted by molar-refractivity contribution is 7.89. The Labute approximate surface area is 107 Å². The number of aromatic nitrogens is 1. The molecule has 0 amide bonds. The topological polar surface area (TPSA) is 50.3 Å². The van der Waals surface area contributed by atoms with E-state index in [4.69, 9.17) is 11.6 Å². The average molecular weight is 275 g/mol. The zero-order valence-electron chi connectivity index (χ0n) is 9.47. The zero-order chi connectivity index (χ0) is 12.3. The number of hydrogen-bond donors (Lipinski definition) is 0. The fraction of sp³-hybridized carbons (Fsp3) is 0.545. The van der Waals surface area contributed by atoms with Crippen LogP contribution >= 0.6 is 11.6 Å². The van der Waals surface area contributed by atoms with Crippen LogP contribution in [0.5, 0.6) is 0 Å². The van der Waals surface area contributed by atoms with E-state index in [1.54, 1.807) is 0 Å². The Hall–Kier alpha value is -0.650. The van der Waals surface area contributed by atoms with Gasteiger partial charge in [0.2, 0.25) is 10.0 Å². The Morgan fingerprint density at radius 1 is 1.18 bits per heavy atom. The van der Waals surface area contributed by atoms with E-state index in [0.29, 0.717) is 13.1 Å². The van der Waals surface area contributed by atoms with Crippen molar-refractivity contribution in [3.8, 4) is 0 Å². The molecule has 2 rings (SSSR count). The fourth-order valence-electron chi connectivity index (χ4n) is 1.97. The molecule has 1 aliphatic heterocycles. The van der Waals surface area contributed by atoms with Crippen molar-refractivity contribution in [1.82, 2.24) is 9.29 Å². The highest BCUT2D eigenvalue weighted by Gasteiger charge is 2.27. The summed E-state index contributed by atoms with van der Waals surface area (Å²) in [6.07, 6.45) is 6.82. The SMILES string of the molecule is O=S(=O)(c1cnccc1Cl)N1CCCCCC1. The van der Waals surface area contributed by atoms with E-state index in [0.717, 1.165) is 25.7 Å². The van der Waals surface area contributed by atoms with Crippen LogP contribution in [0.3, 0.4) is 0 Å². The van der Waals surface area contributed by atoms with Crippen molar-refractivity contribution in [2.24, 2.45) is 0 Å². The molecule has 1 saturated heterocycles. The lowest BCUT2D eigenvalue weighted by Crippen LogP contribution is -2.32. The number of halogens is 1. The summed E-state index contributed by atoms with van der Waals surface area (Å²) >= 11 is 5.92. The number of hydrogen-bond acceptors (Lipinski definition) is 3. The molecule has 17 heavy (non-hydrogen) atoms. The molecule has 0 unspecified atom stereocenters. The van der Waals surface area contributed by atoms with Gasteiger partial charge >= 0.3 is 0 Å². The van der Waals surface area contributed by atoms with Crippen LogP contribution in [0.2, 0.25) is 5.02 Å². The maximum atomic E-state index is 12.4. The fourth-order valence-corrected chi connectivity index (χ4v) is 3.90. The van der Waals surface area contributed by atoms with Gasteiger partial charge in [0, 0.05) is 25.5 Å². The Kier molecular flexibility index (Phi) is 4.01. The Morgan fingerprint density at radius 3 is 2.41 bits per heavy atom. The number of nitrogens with zero attached hydrogens (tertiary/aromatic N) is 2. The van der Waals surface area contributed by atoms with Crippen molar-refractivity contribution < 1.29 is 8.42 Å². The third-order valence-corrected chi connectivity index (χ3v) is 5.28. The lowest BCUT2D eigenvalue weighted by molar-refractivity contribution is 0.423. The summed E-state index contributed by atoms with van der Waals surface area (Å²) in [4.78, 5) is 3.95. The molecule has 0 N–H and O–H groups in total. The van der Waals surface area contributed by atoms with Gasteiger partial charge in [-0.2, -0.15) is 4.31 Å². The molecule has 6 heteroatoms. The summed E-state index contributed by atoms with van der Waals surface area (Å²) < 4.78 is 26.2. The van der Waals surface area contributed by atoms with Crippen LogP contribution < -0.4 is 0 Å². The molecule has 94 valence electrons. The van der Waals surface area contributed by atoms with Gasteiger partial charge in [-0.05, 0) is 18.9 Å². The number of rotatable bonds is 2. The van der Waals surface area contributed by atoms with Crippen molar-refractivity contribution >= 4 is 21.6 Å². The Morgan fingerprint density at radius 2 is 1.82 bits per heavy atom. The molecule has 0 spiro atoms. The molecule has 4 nitrogen and oxygen atoms in total. The largest absolute Gasteiger partial charge is 0.263 e. The van der Waals surface area contributed by atoms with Crippen LogP contribution in [-0.4, -0.2) is 30.8 Å². The van der Waals surface area contributed by atoms with Gasteiger partial charge in [0.05, 0.1) is 5.02 Å². The third-order valence-electron chi connectivity index (χ3n) is 2.92. The van der Waals surface area contributed by atoms with Crippen molar-refractivity contribution in [2.45, 2.75) is 30.6 Å². The summed E-state index contributed by atoms with van der Waals surface area (Å²) in [5.74, 6) is 0. The van der Waals surface area contributed by atoms with E-state index >= 15 is 0 Å². The first-order valence-corrected chi connectivity index (χ1v) is 7.54. The van der Waals surface area contributed by atoms with Crippen LogP contribution in [0.4, 0.5) is 0 Å². The summed E-state index contributed by atoms with van der Waals surface area (Å²) in [6.45, 7) is 1.15.